The zero-order chi connectivity index (χ0) is 16.3. The van der Waals surface area contributed by atoms with E-state index < -0.39 is 0 Å². The van der Waals surface area contributed by atoms with E-state index >= 15 is 0 Å². The molecule has 0 aliphatic carbocycles. The van der Waals surface area contributed by atoms with Crippen LogP contribution in [0.15, 0.2) is 10.5 Å². The van der Waals surface area contributed by atoms with Gasteiger partial charge in [0.15, 0.2) is 0 Å². The van der Waals surface area contributed by atoms with Gasteiger partial charge in [0.2, 0.25) is 5.91 Å². The molecule has 0 saturated carbocycles. The molecular formula is C16H25N3O3. The minimum absolute atomic E-state index is 0.0145. The van der Waals surface area contributed by atoms with Crippen molar-refractivity contribution in [3.05, 3.63) is 23.2 Å². The molecule has 22 heavy (non-hydrogen) atoms. The molecule has 1 aromatic rings. The van der Waals surface area contributed by atoms with Crippen LogP contribution in [0.3, 0.4) is 0 Å². The SMILES string of the molecule is Cc1cc(C(=O)N2CCN(CC(=O)NC(C)C)CC2)c(C)o1. The normalized spacial score (nSPS) is 16.1. The van der Waals surface area contributed by atoms with Crippen LogP contribution >= 0.6 is 0 Å². The van der Waals surface area contributed by atoms with Crippen molar-refractivity contribution in [1.29, 1.82) is 0 Å². The van der Waals surface area contributed by atoms with Gasteiger partial charge in [0.25, 0.3) is 5.91 Å². The van der Waals surface area contributed by atoms with Gasteiger partial charge in [0, 0.05) is 32.2 Å². The summed E-state index contributed by atoms with van der Waals surface area (Å²) in [5, 5.41) is 2.89. The number of piperazine rings is 1. The van der Waals surface area contributed by atoms with E-state index in [4.69, 9.17) is 4.42 Å². The number of amides is 2. The van der Waals surface area contributed by atoms with Crippen molar-refractivity contribution < 1.29 is 14.0 Å². The molecule has 1 aliphatic heterocycles. The number of hydrogen-bond donors (Lipinski definition) is 1. The van der Waals surface area contributed by atoms with E-state index in [1.165, 1.54) is 0 Å². The third-order valence-corrected chi connectivity index (χ3v) is 3.75. The van der Waals surface area contributed by atoms with Crippen LogP contribution in [0, 0.1) is 13.8 Å². The summed E-state index contributed by atoms with van der Waals surface area (Å²) in [6, 6.07) is 1.95. The monoisotopic (exact) mass is 307 g/mol. The van der Waals surface area contributed by atoms with E-state index in [9.17, 15) is 9.59 Å². The van der Waals surface area contributed by atoms with E-state index in [1.54, 1.807) is 6.07 Å². The van der Waals surface area contributed by atoms with E-state index in [2.05, 4.69) is 10.2 Å². The highest BCUT2D eigenvalue weighted by Crippen LogP contribution is 2.17. The van der Waals surface area contributed by atoms with Gasteiger partial charge in [-0.05, 0) is 33.8 Å². The van der Waals surface area contributed by atoms with Crippen molar-refractivity contribution in [2.45, 2.75) is 33.7 Å². The topological polar surface area (TPSA) is 65.8 Å². The van der Waals surface area contributed by atoms with Gasteiger partial charge < -0.3 is 14.6 Å². The van der Waals surface area contributed by atoms with Crippen LogP contribution in [0.4, 0.5) is 0 Å². The molecule has 0 spiro atoms. The van der Waals surface area contributed by atoms with Gasteiger partial charge in [-0.1, -0.05) is 0 Å². The van der Waals surface area contributed by atoms with Crippen LogP contribution in [0.2, 0.25) is 0 Å². The molecule has 0 bridgehead atoms. The van der Waals surface area contributed by atoms with Crippen LogP contribution in [-0.4, -0.2) is 60.4 Å². The van der Waals surface area contributed by atoms with E-state index in [1.807, 2.05) is 32.6 Å². The van der Waals surface area contributed by atoms with Crippen LogP contribution in [0.5, 0.6) is 0 Å². The molecular weight excluding hydrogens is 282 g/mol. The third-order valence-electron chi connectivity index (χ3n) is 3.75. The predicted molar refractivity (Wildman–Crippen MR) is 83.8 cm³/mol. The minimum atomic E-state index is 0.0145. The fourth-order valence-corrected chi connectivity index (χ4v) is 2.69. The average Bonchev–Trinajstić information content (AvgIpc) is 2.77. The zero-order valence-electron chi connectivity index (χ0n) is 13.8. The Kier molecular flexibility index (Phi) is 5.24. The second kappa shape index (κ2) is 6.96. The first kappa shape index (κ1) is 16.5. The molecule has 0 unspecified atom stereocenters. The minimum Gasteiger partial charge on any atom is -0.466 e. The smallest absolute Gasteiger partial charge is 0.257 e. The molecule has 6 heteroatoms. The van der Waals surface area contributed by atoms with Crippen LogP contribution in [-0.2, 0) is 4.79 Å². The first-order chi connectivity index (χ1) is 10.4. The van der Waals surface area contributed by atoms with Crippen LogP contribution in [0.25, 0.3) is 0 Å². The maximum atomic E-state index is 12.5. The lowest BCUT2D eigenvalue weighted by Crippen LogP contribution is -2.51. The quantitative estimate of drug-likeness (QED) is 0.907. The maximum absolute atomic E-state index is 12.5. The number of carbonyl (C=O) groups excluding carboxylic acids is 2. The van der Waals surface area contributed by atoms with Gasteiger partial charge in [-0.2, -0.15) is 0 Å². The maximum Gasteiger partial charge on any atom is 0.257 e. The Morgan fingerprint density at radius 3 is 2.36 bits per heavy atom. The molecule has 0 aromatic carbocycles. The molecule has 0 radical (unpaired) electrons. The second-order valence-electron chi connectivity index (χ2n) is 6.12. The van der Waals surface area contributed by atoms with Gasteiger partial charge in [-0.25, -0.2) is 0 Å². The summed E-state index contributed by atoms with van der Waals surface area (Å²) in [5.41, 5.74) is 0.642. The van der Waals surface area contributed by atoms with Crippen LogP contribution in [0.1, 0.15) is 35.7 Å². The second-order valence-corrected chi connectivity index (χ2v) is 6.12. The summed E-state index contributed by atoms with van der Waals surface area (Å²) in [4.78, 5) is 28.1. The highest BCUT2D eigenvalue weighted by atomic mass is 16.3. The molecule has 1 saturated heterocycles. The summed E-state index contributed by atoms with van der Waals surface area (Å²) in [6.07, 6.45) is 0. The number of rotatable bonds is 4. The summed E-state index contributed by atoms with van der Waals surface area (Å²) in [6.45, 7) is 10.6. The van der Waals surface area contributed by atoms with E-state index in [0.717, 1.165) is 5.76 Å². The Labute approximate surface area is 131 Å². The third kappa shape index (κ3) is 4.10. The van der Waals surface area contributed by atoms with Crippen molar-refractivity contribution in [1.82, 2.24) is 15.1 Å². The predicted octanol–water partition coefficient (Wildman–Crippen LogP) is 1.18. The Balaban J connectivity index is 1.85. The number of furan rings is 1. The first-order valence-corrected chi connectivity index (χ1v) is 7.75. The largest absolute Gasteiger partial charge is 0.466 e. The highest BCUT2D eigenvalue weighted by molar-refractivity contribution is 5.95. The highest BCUT2D eigenvalue weighted by Gasteiger charge is 2.25. The van der Waals surface area contributed by atoms with Gasteiger partial charge in [-0.3, -0.25) is 14.5 Å². The van der Waals surface area contributed by atoms with Gasteiger partial charge in [0.1, 0.15) is 11.5 Å². The van der Waals surface area contributed by atoms with Crippen molar-refractivity contribution in [3.8, 4) is 0 Å². The number of aryl methyl sites for hydroxylation is 2. The average molecular weight is 307 g/mol. The zero-order valence-corrected chi connectivity index (χ0v) is 13.8. The molecule has 122 valence electrons. The lowest BCUT2D eigenvalue weighted by molar-refractivity contribution is -0.123. The van der Waals surface area contributed by atoms with Gasteiger partial charge in [0.05, 0.1) is 12.1 Å². The molecule has 6 nitrogen and oxygen atoms in total. The number of carbonyl (C=O) groups is 2. The van der Waals surface area contributed by atoms with E-state index in [-0.39, 0.29) is 17.9 Å². The molecule has 1 aliphatic rings. The molecule has 0 atom stereocenters. The summed E-state index contributed by atoms with van der Waals surface area (Å²) < 4.78 is 5.43. The van der Waals surface area contributed by atoms with E-state index in [0.29, 0.717) is 44.0 Å². The molecule has 2 heterocycles. The Bertz CT molecular complexity index is 543. The molecule has 1 N–H and O–H groups in total. The standard InChI is InChI=1S/C16H25N3O3/c1-11(2)17-15(20)10-18-5-7-19(8-6-18)16(21)14-9-12(3)22-13(14)4/h9,11H,5-8,10H2,1-4H3,(H,17,20). The lowest BCUT2D eigenvalue weighted by Gasteiger charge is -2.34. The van der Waals surface area contributed by atoms with Gasteiger partial charge >= 0.3 is 0 Å². The first-order valence-electron chi connectivity index (χ1n) is 7.75. The number of nitrogens with zero attached hydrogens (tertiary/aromatic N) is 2. The van der Waals surface area contributed by atoms with Crippen molar-refractivity contribution in [3.63, 3.8) is 0 Å². The summed E-state index contributed by atoms with van der Waals surface area (Å²) >= 11 is 0. The molecule has 1 aromatic heterocycles. The lowest BCUT2D eigenvalue weighted by atomic mass is 10.2. The fourth-order valence-electron chi connectivity index (χ4n) is 2.69. The Morgan fingerprint density at radius 1 is 1.23 bits per heavy atom. The number of nitrogens with one attached hydrogen (secondary N) is 1. The Hall–Kier alpha value is -1.82. The van der Waals surface area contributed by atoms with Gasteiger partial charge in [-0.15, -0.1) is 0 Å². The molecule has 2 rings (SSSR count). The fraction of sp³-hybridized carbons (Fsp3) is 0.625. The Morgan fingerprint density at radius 2 is 1.86 bits per heavy atom. The van der Waals surface area contributed by atoms with Crippen molar-refractivity contribution in [2.24, 2.45) is 0 Å². The molecule has 2 amide bonds. The molecule has 1 fully saturated rings. The van der Waals surface area contributed by atoms with Crippen LogP contribution < -0.4 is 5.32 Å². The summed E-state index contributed by atoms with van der Waals surface area (Å²) in [7, 11) is 0. The number of hydrogen-bond acceptors (Lipinski definition) is 4. The van der Waals surface area contributed by atoms with Crippen molar-refractivity contribution in [2.75, 3.05) is 32.7 Å². The van der Waals surface area contributed by atoms with Crippen molar-refractivity contribution >= 4 is 11.8 Å². The summed E-state index contributed by atoms with van der Waals surface area (Å²) in [5.74, 6) is 1.47.